The lowest BCUT2D eigenvalue weighted by atomic mass is 9.79. The normalized spacial score (nSPS) is 17.0. The van der Waals surface area contributed by atoms with Gasteiger partial charge < -0.3 is 19.3 Å². The van der Waals surface area contributed by atoms with Gasteiger partial charge >= 0.3 is 11.9 Å². The summed E-state index contributed by atoms with van der Waals surface area (Å²) < 4.78 is 15.7. The lowest BCUT2D eigenvalue weighted by molar-refractivity contribution is -0.143. The van der Waals surface area contributed by atoms with Gasteiger partial charge in [-0.25, -0.2) is 14.2 Å². The van der Waals surface area contributed by atoms with Crippen LogP contribution in [0.25, 0.3) is 11.0 Å². The molecule has 0 fully saturated rings. The highest BCUT2D eigenvalue weighted by Gasteiger charge is 2.41. The van der Waals surface area contributed by atoms with Gasteiger partial charge in [-0.1, -0.05) is 12.1 Å². The number of allylic oxidation sites excluding steroid dienone is 2. The van der Waals surface area contributed by atoms with Gasteiger partial charge in [0.25, 0.3) is 0 Å². The molecule has 0 N–H and O–H groups in total. The third-order valence-electron chi connectivity index (χ3n) is 5.53. The first-order valence-electron chi connectivity index (χ1n) is 10.5. The van der Waals surface area contributed by atoms with E-state index in [1.165, 1.54) is 7.11 Å². The number of likely N-dealkylation sites (N-methyl/N-ethyl adjacent to an activating group) is 1. The minimum atomic E-state index is -0.736. The molecule has 1 aliphatic heterocycles. The molecule has 0 bridgehead atoms. The van der Waals surface area contributed by atoms with Gasteiger partial charge in [0.1, 0.15) is 11.0 Å². The van der Waals surface area contributed by atoms with E-state index in [-0.39, 0.29) is 6.10 Å². The minimum absolute atomic E-state index is 0.322. The zero-order chi connectivity index (χ0) is 23.6. The van der Waals surface area contributed by atoms with Crippen LogP contribution in [0.5, 0.6) is 0 Å². The van der Waals surface area contributed by atoms with Crippen LogP contribution in [0.1, 0.15) is 39.2 Å². The van der Waals surface area contributed by atoms with Crippen LogP contribution in [0.2, 0.25) is 0 Å². The first kappa shape index (κ1) is 23.5. The van der Waals surface area contributed by atoms with Gasteiger partial charge in [0, 0.05) is 24.5 Å². The van der Waals surface area contributed by atoms with Crippen molar-refractivity contribution in [3.63, 3.8) is 0 Å². The van der Waals surface area contributed by atoms with Crippen molar-refractivity contribution in [2.45, 2.75) is 39.7 Å². The second-order valence-corrected chi connectivity index (χ2v) is 8.31. The van der Waals surface area contributed by atoms with Gasteiger partial charge in [0.2, 0.25) is 0 Å². The Hall–Kier alpha value is -3.20. The van der Waals surface area contributed by atoms with Gasteiger partial charge in [-0.05, 0) is 63.7 Å². The number of carbonyl (C=O) groups is 2. The largest absolute Gasteiger partial charge is 0.466 e. The molecule has 0 radical (unpaired) electrons. The molecule has 3 rings (SSSR count). The molecule has 1 atom stereocenters. The number of esters is 2. The van der Waals surface area contributed by atoms with E-state index in [4.69, 9.17) is 14.1 Å². The third-order valence-corrected chi connectivity index (χ3v) is 5.53. The smallest absolute Gasteiger partial charge is 0.337 e. The second-order valence-electron chi connectivity index (χ2n) is 8.31. The van der Waals surface area contributed by atoms with E-state index in [2.05, 4.69) is 10.3 Å². The Morgan fingerprint density at radius 2 is 1.78 bits per heavy atom. The van der Waals surface area contributed by atoms with Crippen molar-refractivity contribution < 1.29 is 23.7 Å². The van der Waals surface area contributed by atoms with E-state index >= 15 is 0 Å². The van der Waals surface area contributed by atoms with E-state index in [1.54, 1.807) is 26.0 Å². The Kier molecular flexibility index (Phi) is 6.98. The summed E-state index contributed by atoms with van der Waals surface area (Å²) in [6, 6.07) is 5.38. The quantitative estimate of drug-likeness (QED) is 0.599. The second kappa shape index (κ2) is 9.52. The van der Waals surface area contributed by atoms with Crippen LogP contribution in [0.4, 0.5) is 0 Å². The molecule has 2 aromatic rings. The molecule has 0 unspecified atom stereocenters. The summed E-state index contributed by atoms with van der Waals surface area (Å²) in [6.45, 7) is 8.64. The van der Waals surface area contributed by atoms with Crippen molar-refractivity contribution in [1.29, 1.82) is 0 Å². The predicted molar refractivity (Wildman–Crippen MR) is 118 cm³/mol. The summed E-state index contributed by atoms with van der Waals surface area (Å²) in [5.41, 5.74) is 3.83. The fraction of sp³-hybridized carbons (Fsp3) is 0.478. The number of methoxy groups -OCH3 is 1. The minimum Gasteiger partial charge on any atom is -0.466 e. The summed E-state index contributed by atoms with van der Waals surface area (Å²) >= 11 is 0. The fourth-order valence-electron chi connectivity index (χ4n) is 4.03. The van der Waals surface area contributed by atoms with Crippen LogP contribution >= 0.6 is 0 Å². The molecule has 9 nitrogen and oxygen atoms in total. The topological polar surface area (TPSA) is 98.0 Å². The number of hydrogen-bond donors (Lipinski definition) is 0. The molecule has 172 valence electrons. The third kappa shape index (κ3) is 4.38. The van der Waals surface area contributed by atoms with Crippen molar-refractivity contribution in [2.75, 3.05) is 34.3 Å². The van der Waals surface area contributed by atoms with Gasteiger partial charge in [0.15, 0.2) is 0 Å². The highest BCUT2D eigenvalue weighted by Crippen LogP contribution is 2.44. The molecule has 1 aliphatic rings. The monoisotopic (exact) mass is 442 g/mol. The Bertz CT molecular complexity index is 1080. The van der Waals surface area contributed by atoms with Gasteiger partial charge in [-0.15, -0.1) is 0 Å². The molecule has 0 saturated carbocycles. The van der Waals surface area contributed by atoms with Crippen molar-refractivity contribution in [3.8, 4) is 0 Å². The summed E-state index contributed by atoms with van der Waals surface area (Å²) in [5.74, 6) is -1.74. The molecule has 0 aliphatic carbocycles. The molecule has 1 aromatic carbocycles. The van der Waals surface area contributed by atoms with Crippen LogP contribution < -0.4 is 0 Å². The van der Waals surface area contributed by atoms with Crippen molar-refractivity contribution in [2.24, 2.45) is 0 Å². The number of carbonyl (C=O) groups excluding carboxylic acids is 2. The Morgan fingerprint density at radius 3 is 2.38 bits per heavy atom. The van der Waals surface area contributed by atoms with Crippen LogP contribution in [-0.2, 0) is 19.1 Å². The van der Waals surface area contributed by atoms with Crippen LogP contribution in [0.3, 0.4) is 0 Å². The lowest BCUT2D eigenvalue weighted by Crippen LogP contribution is -2.38. The number of nitrogens with zero attached hydrogens (tertiary/aromatic N) is 4. The zero-order valence-corrected chi connectivity index (χ0v) is 19.6. The average Bonchev–Trinajstić information content (AvgIpc) is 3.20. The molecule has 0 amide bonds. The molecule has 1 aromatic heterocycles. The average molecular weight is 443 g/mol. The summed E-state index contributed by atoms with van der Waals surface area (Å²) in [6.07, 6.45) is -0.322. The highest BCUT2D eigenvalue weighted by atomic mass is 16.6. The van der Waals surface area contributed by atoms with E-state index in [0.717, 1.165) is 17.9 Å². The van der Waals surface area contributed by atoms with E-state index < -0.39 is 17.9 Å². The molecular formula is C23H30N4O5. The van der Waals surface area contributed by atoms with Gasteiger partial charge in [0.05, 0.1) is 30.3 Å². The Balaban J connectivity index is 2.29. The fourth-order valence-corrected chi connectivity index (χ4v) is 4.03. The van der Waals surface area contributed by atoms with Crippen LogP contribution in [0, 0.1) is 0 Å². The van der Waals surface area contributed by atoms with Crippen molar-refractivity contribution in [1.82, 2.24) is 20.1 Å². The SMILES string of the molecule is COC(=O)C1=C(C)N(CCN(C)C)C(C)=C(C(=O)OC(C)C)[C@H]1c1cccc2nonc12. The maximum absolute atomic E-state index is 13.4. The Morgan fingerprint density at radius 1 is 1.12 bits per heavy atom. The standard InChI is InChI=1S/C23H30N4O5/c1-13(2)31-23(29)19-15(4)27(12-11-26(5)6)14(3)18(22(28)30-7)20(19)16-9-8-10-17-21(16)25-32-24-17/h8-10,13,20H,11-12H2,1-7H3/t20-/m0/s1. The number of ether oxygens (including phenoxy) is 2. The summed E-state index contributed by atoms with van der Waals surface area (Å²) in [5, 5.41) is 7.96. The summed E-state index contributed by atoms with van der Waals surface area (Å²) in [4.78, 5) is 30.5. The van der Waals surface area contributed by atoms with E-state index in [0.29, 0.717) is 34.3 Å². The molecule has 32 heavy (non-hydrogen) atoms. The highest BCUT2D eigenvalue weighted by molar-refractivity contribution is 6.01. The van der Waals surface area contributed by atoms with Crippen LogP contribution in [-0.4, -0.2) is 72.5 Å². The van der Waals surface area contributed by atoms with Crippen LogP contribution in [0.15, 0.2) is 45.4 Å². The number of rotatable bonds is 7. The number of aromatic nitrogens is 2. The predicted octanol–water partition coefficient (Wildman–Crippen LogP) is 2.86. The number of benzene rings is 1. The van der Waals surface area contributed by atoms with Crippen molar-refractivity contribution in [3.05, 3.63) is 46.3 Å². The molecule has 9 heteroatoms. The van der Waals surface area contributed by atoms with E-state index in [9.17, 15) is 9.59 Å². The lowest BCUT2D eigenvalue weighted by Gasteiger charge is -2.38. The van der Waals surface area contributed by atoms with Gasteiger partial charge in [-0.2, -0.15) is 0 Å². The summed E-state index contributed by atoms with van der Waals surface area (Å²) in [7, 11) is 5.27. The molecule has 0 saturated heterocycles. The molecule has 0 spiro atoms. The molecule has 2 heterocycles. The molecular weight excluding hydrogens is 412 g/mol. The maximum atomic E-state index is 13.4. The van der Waals surface area contributed by atoms with Crippen molar-refractivity contribution >= 4 is 23.0 Å². The maximum Gasteiger partial charge on any atom is 0.337 e. The van der Waals surface area contributed by atoms with Gasteiger partial charge in [-0.3, -0.25) is 0 Å². The Labute approximate surface area is 187 Å². The van der Waals surface area contributed by atoms with E-state index in [1.807, 2.05) is 43.8 Å². The first-order valence-corrected chi connectivity index (χ1v) is 10.5. The number of fused-ring (bicyclic) bond motifs is 1. The first-order chi connectivity index (χ1) is 15.2. The number of hydrogen-bond acceptors (Lipinski definition) is 9. The zero-order valence-electron chi connectivity index (χ0n) is 19.6.